The van der Waals surface area contributed by atoms with Gasteiger partial charge in [0.05, 0.1) is 11.0 Å². The van der Waals surface area contributed by atoms with Crippen molar-refractivity contribution in [2.45, 2.75) is 6.92 Å². The Morgan fingerprint density at radius 1 is 1.17 bits per heavy atom. The molecule has 0 aliphatic heterocycles. The van der Waals surface area contributed by atoms with Gasteiger partial charge in [0, 0.05) is 5.02 Å². The molecule has 0 saturated carbocycles. The largest absolute Gasteiger partial charge is 0.491 e. The third-order valence-electron chi connectivity index (χ3n) is 3.03. The monoisotopic (exact) mass is 397 g/mol. The first-order valence-corrected chi connectivity index (χ1v) is 8.26. The van der Waals surface area contributed by atoms with Crippen molar-refractivity contribution >= 4 is 33.4 Å². The standard InChI is InChI=1S/C17H17BrClNO3/c1-12-4-2-3-5-15(12)22-9-8-20-17(21)11-23-16-7-6-13(19)10-14(16)18/h2-7,10H,8-9,11H2,1H3,(H,20,21). The van der Waals surface area contributed by atoms with Crippen LogP contribution in [0.15, 0.2) is 46.9 Å². The third kappa shape index (κ3) is 5.77. The minimum absolute atomic E-state index is 0.0649. The molecule has 1 N–H and O–H groups in total. The van der Waals surface area contributed by atoms with Gasteiger partial charge in [-0.2, -0.15) is 0 Å². The summed E-state index contributed by atoms with van der Waals surface area (Å²) < 4.78 is 11.7. The van der Waals surface area contributed by atoms with Gasteiger partial charge in [-0.1, -0.05) is 29.8 Å². The van der Waals surface area contributed by atoms with Crippen LogP contribution < -0.4 is 14.8 Å². The number of benzene rings is 2. The van der Waals surface area contributed by atoms with Crippen molar-refractivity contribution in [1.29, 1.82) is 0 Å². The summed E-state index contributed by atoms with van der Waals surface area (Å²) in [4.78, 5) is 11.7. The average Bonchev–Trinajstić information content (AvgIpc) is 2.52. The molecule has 2 aromatic rings. The van der Waals surface area contributed by atoms with Gasteiger partial charge < -0.3 is 14.8 Å². The van der Waals surface area contributed by atoms with E-state index < -0.39 is 0 Å². The number of rotatable bonds is 7. The van der Waals surface area contributed by atoms with Crippen molar-refractivity contribution < 1.29 is 14.3 Å². The molecule has 0 bridgehead atoms. The van der Waals surface area contributed by atoms with E-state index in [0.29, 0.717) is 28.4 Å². The molecule has 2 rings (SSSR count). The number of amides is 1. The first-order valence-electron chi connectivity index (χ1n) is 7.09. The molecule has 0 atom stereocenters. The molecule has 1 amide bonds. The van der Waals surface area contributed by atoms with Crippen molar-refractivity contribution in [1.82, 2.24) is 5.32 Å². The van der Waals surface area contributed by atoms with E-state index in [4.69, 9.17) is 21.1 Å². The highest BCUT2D eigenvalue weighted by Gasteiger charge is 2.06. The van der Waals surface area contributed by atoms with Crippen LogP contribution in [0.25, 0.3) is 0 Å². The molecule has 6 heteroatoms. The Bertz CT molecular complexity index is 679. The molecule has 122 valence electrons. The average molecular weight is 399 g/mol. The van der Waals surface area contributed by atoms with Crippen molar-refractivity contribution in [3.63, 3.8) is 0 Å². The van der Waals surface area contributed by atoms with Crippen molar-refractivity contribution in [3.05, 3.63) is 57.5 Å². The van der Waals surface area contributed by atoms with Gasteiger partial charge in [-0.3, -0.25) is 4.79 Å². The summed E-state index contributed by atoms with van der Waals surface area (Å²) in [7, 11) is 0. The lowest BCUT2D eigenvalue weighted by Gasteiger charge is -2.11. The zero-order valence-corrected chi connectivity index (χ0v) is 15.0. The Balaban J connectivity index is 1.68. The van der Waals surface area contributed by atoms with E-state index in [1.165, 1.54) is 0 Å². The number of para-hydroxylation sites is 1. The lowest BCUT2D eigenvalue weighted by atomic mass is 10.2. The van der Waals surface area contributed by atoms with Crippen LogP contribution in [0.3, 0.4) is 0 Å². The van der Waals surface area contributed by atoms with Gasteiger partial charge >= 0.3 is 0 Å². The van der Waals surface area contributed by atoms with E-state index in [-0.39, 0.29) is 12.5 Å². The highest BCUT2D eigenvalue weighted by atomic mass is 79.9. The smallest absolute Gasteiger partial charge is 0.258 e. The number of carbonyl (C=O) groups excluding carboxylic acids is 1. The van der Waals surface area contributed by atoms with Gasteiger partial charge in [-0.25, -0.2) is 0 Å². The summed E-state index contributed by atoms with van der Waals surface area (Å²) in [6, 6.07) is 12.9. The third-order valence-corrected chi connectivity index (χ3v) is 3.88. The van der Waals surface area contributed by atoms with Crippen LogP contribution in [-0.4, -0.2) is 25.7 Å². The number of nitrogens with one attached hydrogen (secondary N) is 1. The number of hydrogen-bond acceptors (Lipinski definition) is 3. The van der Waals surface area contributed by atoms with E-state index in [1.54, 1.807) is 18.2 Å². The zero-order chi connectivity index (χ0) is 16.7. The zero-order valence-electron chi connectivity index (χ0n) is 12.6. The minimum Gasteiger partial charge on any atom is -0.491 e. The van der Waals surface area contributed by atoms with Gasteiger partial charge in [0.25, 0.3) is 5.91 Å². The molecule has 23 heavy (non-hydrogen) atoms. The van der Waals surface area contributed by atoms with Gasteiger partial charge in [-0.05, 0) is 52.7 Å². The molecule has 2 aromatic carbocycles. The predicted molar refractivity (Wildman–Crippen MR) is 94.3 cm³/mol. The molecule has 0 fully saturated rings. The fourth-order valence-electron chi connectivity index (χ4n) is 1.86. The number of aryl methyl sites for hydroxylation is 1. The van der Waals surface area contributed by atoms with Crippen LogP contribution in [-0.2, 0) is 4.79 Å². The second-order valence-corrected chi connectivity index (χ2v) is 6.12. The number of carbonyl (C=O) groups is 1. The second kappa shape index (κ2) is 8.79. The predicted octanol–water partition coefficient (Wildman–Crippen LogP) is 3.98. The Labute approximate surface area is 148 Å². The second-order valence-electron chi connectivity index (χ2n) is 4.83. The highest BCUT2D eigenvalue weighted by Crippen LogP contribution is 2.27. The van der Waals surface area contributed by atoms with E-state index >= 15 is 0 Å². The molecule has 0 aliphatic rings. The summed E-state index contributed by atoms with van der Waals surface area (Å²) in [6.07, 6.45) is 0. The molecular formula is C17H17BrClNO3. The lowest BCUT2D eigenvalue weighted by Crippen LogP contribution is -2.32. The molecular weight excluding hydrogens is 382 g/mol. The summed E-state index contributed by atoms with van der Waals surface area (Å²) in [6.45, 7) is 2.73. The summed E-state index contributed by atoms with van der Waals surface area (Å²) in [5.41, 5.74) is 1.06. The molecule has 4 nitrogen and oxygen atoms in total. The van der Waals surface area contributed by atoms with Gasteiger partial charge in [0.15, 0.2) is 6.61 Å². The van der Waals surface area contributed by atoms with Crippen LogP contribution in [0.1, 0.15) is 5.56 Å². The number of halogens is 2. The van der Waals surface area contributed by atoms with E-state index in [1.807, 2.05) is 31.2 Å². The van der Waals surface area contributed by atoms with Crippen molar-refractivity contribution in [3.8, 4) is 11.5 Å². The molecule has 0 spiro atoms. The van der Waals surface area contributed by atoms with E-state index in [2.05, 4.69) is 21.2 Å². The van der Waals surface area contributed by atoms with Crippen molar-refractivity contribution in [2.24, 2.45) is 0 Å². The van der Waals surface area contributed by atoms with E-state index in [0.717, 1.165) is 11.3 Å². The summed E-state index contributed by atoms with van der Waals surface area (Å²) in [5, 5.41) is 3.34. The Hall–Kier alpha value is -1.72. The van der Waals surface area contributed by atoms with Crippen LogP contribution in [0.2, 0.25) is 5.02 Å². The number of ether oxygens (including phenoxy) is 2. The molecule has 0 unspecified atom stereocenters. The van der Waals surface area contributed by atoms with Crippen LogP contribution in [0.4, 0.5) is 0 Å². The normalized spacial score (nSPS) is 10.2. The van der Waals surface area contributed by atoms with E-state index in [9.17, 15) is 4.79 Å². The van der Waals surface area contributed by atoms with Gasteiger partial charge in [0.1, 0.15) is 18.1 Å². The highest BCUT2D eigenvalue weighted by molar-refractivity contribution is 9.10. The maximum absolute atomic E-state index is 11.7. The first kappa shape index (κ1) is 17.6. The SMILES string of the molecule is Cc1ccccc1OCCNC(=O)COc1ccc(Cl)cc1Br. The topological polar surface area (TPSA) is 47.6 Å². The quantitative estimate of drug-likeness (QED) is 0.718. The van der Waals surface area contributed by atoms with Crippen LogP contribution in [0, 0.1) is 6.92 Å². The first-order chi connectivity index (χ1) is 11.1. The molecule has 0 radical (unpaired) electrons. The Morgan fingerprint density at radius 2 is 1.96 bits per heavy atom. The number of hydrogen-bond donors (Lipinski definition) is 1. The van der Waals surface area contributed by atoms with Gasteiger partial charge in [0.2, 0.25) is 0 Å². The lowest BCUT2D eigenvalue weighted by molar-refractivity contribution is -0.123. The molecule has 0 aromatic heterocycles. The van der Waals surface area contributed by atoms with Gasteiger partial charge in [-0.15, -0.1) is 0 Å². The van der Waals surface area contributed by atoms with Crippen LogP contribution in [0.5, 0.6) is 11.5 Å². The maximum atomic E-state index is 11.7. The van der Waals surface area contributed by atoms with Crippen LogP contribution >= 0.6 is 27.5 Å². The maximum Gasteiger partial charge on any atom is 0.258 e. The summed E-state index contributed by atoms with van der Waals surface area (Å²) >= 11 is 9.18. The molecule has 0 heterocycles. The molecule has 0 aliphatic carbocycles. The fraction of sp³-hybridized carbons (Fsp3) is 0.235. The van der Waals surface area contributed by atoms with Crippen molar-refractivity contribution in [2.75, 3.05) is 19.8 Å². The fourth-order valence-corrected chi connectivity index (χ4v) is 2.65. The molecule has 0 saturated heterocycles. The minimum atomic E-state index is -0.208. The summed E-state index contributed by atoms with van der Waals surface area (Å²) in [5.74, 6) is 1.18. The Kier molecular flexibility index (Phi) is 6.74. The Morgan fingerprint density at radius 3 is 2.70 bits per heavy atom.